The third kappa shape index (κ3) is 3.50. The van der Waals surface area contributed by atoms with Crippen LogP contribution in [0.4, 0.5) is 5.69 Å². The van der Waals surface area contributed by atoms with Gasteiger partial charge in [-0.1, -0.05) is 0 Å². The van der Waals surface area contributed by atoms with Crippen molar-refractivity contribution >= 4 is 17.7 Å². The molecule has 0 N–H and O–H groups in total. The van der Waals surface area contributed by atoms with Gasteiger partial charge in [0.25, 0.3) is 5.91 Å². The fourth-order valence-corrected chi connectivity index (χ4v) is 3.15. The van der Waals surface area contributed by atoms with Crippen molar-refractivity contribution in [3.05, 3.63) is 47.5 Å². The molecular weight excluding hydrogens is 358 g/mol. The van der Waals surface area contributed by atoms with E-state index in [1.165, 1.54) is 0 Å². The number of hydrogen-bond donors (Lipinski definition) is 0. The first-order valence-corrected chi connectivity index (χ1v) is 8.90. The molecule has 3 rings (SSSR count). The van der Waals surface area contributed by atoms with E-state index in [1.807, 2.05) is 26.0 Å². The summed E-state index contributed by atoms with van der Waals surface area (Å²) in [6.07, 6.45) is 3.88. The number of amides is 1. The lowest BCUT2D eigenvalue weighted by Crippen LogP contribution is -2.29. The van der Waals surface area contributed by atoms with Gasteiger partial charge in [0.15, 0.2) is 11.5 Å². The molecule has 0 aliphatic carbocycles. The van der Waals surface area contributed by atoms with Crippen LogP contribution in [0.1, 0.15) is 29.8 Å². The number of carbonyl (C=O) groups is 1. The van der Waals surface area contributed by atoms with Gasteiger partial charge in [-0.05, 0) is 50.3 Å². The van der Waals surface area contributed by atoms with Crippen LogP contribution in [0, 0.1) is 0 Å². The average molecular weight is 383 g/mol. The Morgan fingerprint density at radius 3 is 2.36 bits per heavy atom. The van der Waals surface area contributed by atoms with E-state index in [-0.39, 0.29) is 5.91 Å². The van der Waals surface area contributed by atoms with Gasteiger partial charge in [0.1, 0.15) is 17.1 Å². The highest BCUT2D eigenvalue weighted by molar-refractivity contribution is 6.08. The van der Waals surface area contributed by atoms with Crippen LogP contribution < -0.4 is 23.8 Å². The molecule has 6 heteroatoms. The minimum absolute atomic E-state index is 0.204. The van der Waals surface area contributed by atoms with E-state index in [1.54, 1.807) is 63.6 Å². The van der Waals surface area contributed by atoms with E-state index in [9.17, 15) is 4.79 Å². The van der Waals surface area contributed by atoms with Crippen LogP contribution in [-0.2, 0) is 0 Å². The average Bonchev–Trinajstić information content (AvgIpc) is 2.70. The highest BCUT2D eigenvalue weighted by atomic mass is 16.5. The topological polar surface area (TPSA) is 57.2 Å². The molecule has 1 amide bonds. The molecular formula is C22H25NO5. The van der Waals surface area contributed by atoms with E-state index in [0.29, 0.717) is 34.2 Å². The van der Waals surface area contributed by atoms with Gasteiger partial charge in [-0.15, -0.1) is 0 Å². The molecule has 0 bridgehead atoms. The van der Waals surface area contributed by atoms with Crippen LogP contribution in [0.15, 0.2) is 36.4 Å². The lowest BCUT2D eigenvalue weighted by atomic mass is 9.99. The quantitative estimate of drug-likeness (QED) is 0.775. The van der Waals surface area contributed by atoms with Crippen molar-refractivity contribution in [3.8, 4) is 23.0 Å². The van der Waals surface area contributed by atoms with Crippen molar-refractivity contribution in [2.75, 3.05) is 33.3 Å². The maximum absolute atomic E-state index is 13.2. The first-order valence-electron chi connectivity index (χ1n) is 8.90. The summed E-state index contributed by atoms with van der Waals surface area (Å²) in [4.78, 5) is 14.7. The van der Waals surface area contributed by atoms with Crippen molar-refractivity contribution in [1.82, 2.24) is 0 Å². The minimum Gasteiger partial charge on any atom is -0.495 e. The lowest BCUT2D eigenvalue weighted by molar-refractivity contribution is 0.0989. The zero-order chi connectivity index (χ0) is 20.5. The van der Waals surface area contributed by atoms with Crippen LogP contribution in [0.5, 0.6) is 23.0 Å². The smallest absolute Gasteiger partial charge is 0.261 e. The first-order chi connectivity index (χ1) is 13.3. The Kier molecular flexibility index (Phi) is 5.23. The van der Waals surface area contributed by atoms with E-state index < -0.39 is 5.60 Å². The molecule has 148 valence electrons. The summed E-state index contributed by atoms with van der Waals surface area (Å²) in [5.74, 6) is 2.13. The number of carbonyl (C=O) groups excluding carboxylic acids is 1. The molecule has 2 aromatic rings. The van der Waals surface area contributed by atoms with Gasteiger partial charge in [-0.25, -0.2) is 0 Å². The Hall–Kier alpha value is -3.15. The third-order valence-corrected chi connectivity index (χ3v) is 4.67. The molecule has 0 saturated heterocycles. The van der Waals surface area contributed by atoms with E-state index >= 15 is 0 Å². The lowest BCUT2D eigenvalue weighted by Gasteiger charge is -2.29. The number of nitrogens with zero attached hydrogens (tertiary/aromatic N) is 1. The summed E-state index contributed by atoms with van der Waals surface area (Å²) in [6, 6.07) is 8.86. The molecule has 1 heterocycles. The maximum Gasteiger partial charge on any atom is 0.261 e. The number of anilines is 1. The highest BCUT2D eigenvalue weighted by Gasteiger charge is 2.28. The molecule has 1 aliphatic heterocycles. The monoisotopic (exact) mass is 383 g/mol. The Morgan fingerprint density at radius 1 is 1.00 bits per heavy atom. The van der Waals surface area contributed by atoms with Crippen LogP contribution in [0.25, 0.3) is 6.08 Å². The second-order valence-electron chi connectivity index (χ2n) is 7.00. The van der Waals surface area contributed by atoms with Gasteiger partial charge < -0.3 is 23.8 Å². The predicted molar refractivity (Wildman–Crippen MR) is 109 cm³/mol. The van der Waals surface area contributed by atoms with Crippen molar-refractivity contribution in [1.29, 1.82) is 0 Å². The molecule has 0 fully saturated rings. The Morgan fingerprint density at radius 2 is 1.71 bits per heavy atom. The van der Waals surface area contributed by atoms with Crippen molar-refractivity contribution in [3.63, 3.8) is 0 Å². The van der Waals surface area contributed by atoms with Crippen LogP contribution in [0.3, 0.4) is 0 Å². The van der Waals surface area contributed by atoms with Gasteiger partial charge >= 0.3 is 0 Å². The molecule has 0 saturated carbocycles. The van der Waals surface area contributed by atoms with Crippen molar-refractivity contribution in [2.24, 2.45) is 0 Å². The number of ether oxygens (including phenoxy) is 4. The van der Waals surface area contributed by atoms with E-state index in [2.05, 4.69) is 0 Å². The summed E-state index contributed by atoms with van der Waals surface area (Å²) < 4.78 is 22.2. The fourth-order valence-electron chi connectivity index (χ4n) is 3.15. The summed E-state index contributed by atoms with van der Waals surface area (Å²) in [5.41, 5.74) is 1.48. The second kappa shape index (κ2) is 7.46. The highest BCUT2D eigenvalue weighted by Crippen LogP contribution is 2.40. The van der Waals surface area contributed by atoms with Crippen LogP contribution in [0.2, 0.25) is 0 Å². The molecule has 0 unspecified atom stereocenters. The molecule has 2 aromatic carbocycles. The Balaban J connectivity index is 1.99. The number of rotatable bonds is 5. The third-order valence-electron chi connectivity index (χ3n) is 4.67. The zero-order valence-electron chi connectivity index (χ0n) is 17.0. The van der Waals surface area contributed by atoms with Gasteiger partial charge in [-0.2, -0.15) is 0 Å². The maximum atomic E-state index is 13.2. The summed E-state index contributed by atoms with van der Waals surface area (Å²) in [7, 11) is 6.39. The summed E-state index contributed by atoms with van der Waals surface area (Å²) in [5, 5.41) is 0. The SMILES string of the molecule is COc1ccc(N(C)C(=O)c2ccc3c(c2OC)C=CC(C)(C)O3)cc1OC. The normalized spacial score (nSPS) is 13.9. The molecule has 28 heavy (non-hydrogen) atoms. The molecule has 0 atom stereocenters. The van der Waals surface area contributed by atoms with Crippen molar-refractivity contribution < 1.29 is 23.7 Å². The van der Waals surface area contributed by atoms with E-state index in [4.69, 9.17) is 18.9 Å². The Labute approximate surface area is 165 Å². The van der Waals surface area contributed by atoms with Crippen LogP contribution >= 0.6 is 0 Å². The van der Waals surface area contributed by atoms with Crippen LogP contribution in [-0.4, -0.2) is 39.9 Å². The number of fused-ring (bicyclic) bond motifs is 1. The largest absolute Gasteiger partial charge is 0.495 e. The zero-order valence-corrected chi connectivity index (χ0v) is 17.0. The van der Waals surface area contributed by atoms with Gasteiger partial charge in [-0.3, -0.25) is 4.79 Å². The summed E-state index contributed by atoms with van der Waals surface area (Å²) in [6.45, 7) is 3.95. The predicted octanol–water partition coefficient (Wildman–Crippen LogP) is 4.17. The fraction of sp³-hybridized carbons (Fsp3) is 0.318. The number of benzene rings is 2. The molecule has 6 nitrogen and oxygen atoms in total. The minimum atomic E-state index is -0.403. The number of hydrogen-bond acceptors (Lipinski definition) is 5. The molecule has 1 aliphatic rings. The second-order valence-corrected chi connectivity index (χ2v) is 7.00. The first kappa shape index (κ1) is 19.6. The Bertz CT molecular complexity index is 933. The standard InChI is InChI=1S/C22H25NO5/c1-22(2)12-11-15-17(28-22)10-8-16(20(15)27-6)21(24)23(3)14-7-9-18(25-4)19(13-14)26-5/h7-13H,1-6H3. The number of methoxy groups -OCH3 is 3. The van der Waals surface area contributed by atoms with Gasteiger partial charge in [0.05, 0.1) is 32.5 Å². The molecule has 0 spiro atoms. The van der Waals surface area contributed by atoms with Gasteiger partial charge in [0, 0.05) is 18.8 Å². The van der Waals surface area contributed by atoms with E-state index in [0.717, 1.165) is 5.56 Å². The summed E-state index contributed by atoms with van der Waals surface area (Å²) >= 11 is 0. The molecule has 0 radical (unpaired) electrons. The van der Waals surface area contributed by atoms with Crippen molar-refractivity contribution in [2.45, 2.75) is 19.4 Å². The van der Waals surface area contributed by atoms with Gasteiger partial charge in [0.2, 0.25) is 0 Å². The molecule has 0 aromatic heterocycles.